The van der Waals surface area contributed by atoms with Gasteiger partial charge in [0.25, 0.3) is 0 Å². The average molecular weight is 290 g/mol. The molecule has 0 fully saturated rings. The van der Waals surface area contributed by atoms with Crippen LogP contribution in [0, 0.1) is 0 Å². The van der Waals surface area contributed by atoms with Crippen LogP contribution >= 0.6 is 15.9 Å². The van der Waals surface area contributed by atoms with E-state index in [2.05, 4.69) is 25.9 Å². The molecule has 5 heteroatoms. The molecule has 4 nitrogen and oxygen atoms in total. The molecule has 1 aromatic carbocycles. The molecule has 0 spiro atoms. The third kappa shape index (κ3) is 1.78. The van der Waals surface area contributed by atoms with Gasteiger partial charge in [0.1, 0.15) is 12.0 Å². The molecule has 2 aromatic heterocycles. The molecular formula is C12H8BrN3O. The molecule has 3 rings (SSSR count). The monoisotopic (exact) mass is 289 g/mol. The van der Waals surface area contributed by atoms with E-state index in [1.807, 2.05) is 30.3 Å². The molecule has 0 saturated heterocycles. The number of hydrogen-bond acceptors (Lipinski definition) is 4. The maximum absolute atomic E-state index is 5.73. The van der Waals surface area contributed by atoms with Gasteiger partial charge in [-0.05, 0) is 46.3 Å². The number of fused-ring (bicyclic) bond motifs is 1. The highest BCUT2D eigenvalue weighted by atomic mass is 79.9. The number of hydrogen-bond donors (Lipinski definition) is 1. The minimum absolute atomic E-state index is 0.676. The highest BCUT2D eigenvalue weighted by Gasteiger charge is 2.09. The number of rotatable bonds is 1. The van der Waals surface area contributed by atoms with E-state index in [0.29, 0.717) is 16.1 Å². The van der Waals surface area contributed by atoms with Crippen LogP contribution in [0.3, 0.4) is 0 Å². The SMILES string of the molecule is Nc1ccc2c(-c3ccc(Br)o3)ncnc2c1. The van der Waals surface area contributed by atoms with E-state index in [1.165, 1.54) is 6.33 Å². The van der Waals surface area contributed by atoms with Crippen LogP contribution in [0.1, 0.15) is 0 Å². The van der Waals surface area contributed by atoms with Gasteiger partial charge < -0.3 is 10.2 Å². The molecule has 2 N–H and O–H groups in total. The van der Waals surface area contributed by atoms with Crippen LogP contribution in [-0.2, 0) is 0 Å². The van der Waals surface area contributed by atoms with E-state index in [4.69, 9.17) is 10.2 Å². The quantitative estimate of drug-likeness (QED) is 0.699. The summed E-state index contributed by atoms with van der Waals surface area (Å²) in [5, 5.41) is 0.920. The highest BCUT2D eigenvalue weighted by molar-refractivity contribution is 9.10. The zero-order valence-electron chi connectivity index (χ0n) is 8.72. The van der Waals surface area contributed by atoms with Crippen molar-refractivity contribution in [3.8, 4) is 11.5 Å². The minimum Gasteiger partial charge on any atom is -0.448 e. The lowest BCUT2D eigenvalue weighted by Crippen LogP contribution is -1.90. The molecule has 0 radical (unpaired) electrons. The molecule has 0 unspecified atom stereocenters. The molecule has 0 amide bonds. The van der Waals surface area contributed by atoms with Crippen LogP contribution in [-0.4, -0.2) is 9.97 Å². The van der Waals surface area contributed by atoms with E-state index in [9.17, 15) is 0 Å². The summed E-state index contributed by atoms with van der Waals surface area (Å²) in [6.07, 6.45) is 1.51. The van der Waals surface area contributed by atoms with E-state index in [-0.39, 0.29) is 0 Å². The van der Waals surface area contributed by atoms with Crippen LogP contribution in [0.5, 0.6) is 0 Å². The molecule has 3 aromatic rings. The van der Waals surface area contributed by atoms with Gasteiger partial charge in [-0.15, -0.1) is 0 Å². The first-order valence-electron chi connectivity index (χ1n) is 5.00. The molecule has 0 saturated carbocycles. The van der Waals surface area contributed by atoms with Gasteiger partial charge >= 0.3 is 0 Å². The second kappa shape index (κ2) is 3.85. The van der Waals surface area contributed by atoms with E-state index < -0.39 is 0 Å². The molecule has 0 atom stereocenters. The van der Waals surface area contributed by atoms with Crippen molar-refractivity contribution < 1.29 is 4.42 Å². The molecule has 0 aliphatic heterocycles. The van der Waals surface area contributed by atoms with Crippen molar-refractivity contribution in [3.63, 3.8) is 0 Å². The van der Waals surface area contributed by atoms with Gasteiger partial charge in [-0.3, -0.25) is 0 Å². The summed E-state index contributed by atoms with van der Waals surface area (Å²) < 4.78 is 6.18. The lowest BCUT2D eigenvalue weighted by Gasteiger charge is -2.02. The van der Waals surface area contributed by atoms with Gasteiger partial charge in [0.05, 0.1) is 5.52 Å². The molecule has 0 bridgehead atoms. The largest absolute Gasteiger partial charge is 0.448 e. The maximum Gasteiger partial charge on any atom is 0.169 e. The Bertz CT molecular complexity index is 693. The summed E-state index contributed by atoms with van der Waals surface area (Å²) in [7, 11) is 0. The van der Waals surface area contributed by atoms with Gasteiger partial charge in [-0.2, -0.15) is 0 Å². The van der Waals surface area contributed by atoms with Crippen LogP contribution in [0.15, 0.2) is 45.7 Å². The zero-order valence-corrected chi connectivity index (χ0v) is 10.3. The Morgan fingerprint density at radius 3 is 2.76 bits per heavy atom. The Morgan fingerprint density at radius 2 is 2.00 bits per heavy atom. The van der Waals surface area contributed by atoms with Crippen LogP contribution in [0.25, 0.3) is 22.4 Å². The molecule has 2 heterocycles. The van der Waals surface area contributed by atoms with Gasteiger partial charge in [0.15, 0.2) is 10.4 Å². The van der Waals surface area contributed by atoms with Crippen molar-refractivity contribution in [2.45, 2.75) is 0 Å². The van der Waals surface area contributed by atoms with Gasteiger partial charge in [0, 0.05) is 11.1 Å². The van der Waals surface area contributed by atoms with Crippen LogP contribution < -0.4 is 5.73 Å². The summed E-state index contributed by atoms with van der Waals surface area (Å²) in [5.74, 6) is 0.703. The number of nitrogen functional groups attached to an aromatic ring is 1. The first-order chi connectivity index (χ1) is 8.24. The third-order valence-electron chi connectivity index (χ3n) is 2.47. The Hall–Kier alpha value is -1.88. The Morgan fingerprint density at radius 1 is 1.12 bits per heavy atom. The van der Waals surface area contributed by atoms with E-state index in [1.54, 1.807) is 0 Å². The number of nitrogens with two attached hydrogens (primary N) is 1. The van der Waals surface area contributed by atoms with E-state index in [0.717, 1.165) is 16.6 Å². The van der Waals surface area contributed by atoms with Crippen molar-refractivity contribution in [3.05, 3.63) is 41.3 Å². The first kappa shape index (κ1) is 10.3. The van der Waals surface area contributed by atoms with Crippen molar-refractivity contribution in [2.75, 3.05) is 5.73 Å². The average Bonchev–Trinajstić information content (AvgIpc) is 2.74. The fourth-order valence-corrected chi connectivity index (χ4v) is 2.02. The summed E-state index contributed by atoms with van der Waals surface area (Å²) in [6, 6.07) is 9.24. The number of anilines is 1. The van der Waals surface area contributed by atoms with Crippen molar-refractivity contribution >= 4 is 32.5 Å². The lowest BCUT2D eigenvalue weighted by molar-refractivity contribution is 0.554. The molecular weight excluding hydrogens is 282 g/mol. The minimum atomic E-state index is 0.676. The van der Waals surface area contributed by atoms with Crippen LogP contribution in [0.4, 0.5) is 5.69 Å². The molecule has 17 heavy (non-hydrogen) atoms. The summed E-state index contributed by atoms with van der Waals surface area (Å²) in [4.78, 5) is 8.44. The van der Waals surface area contributed by atoms with Gasteiger partial charge in [0.2, 0.25) is 0 Å². The lowest BCUT2D eigenvalue weighted by atomic mass is 10.1. The Kier molecular flexibility index (Phi) is 2.33. The molecule has 0 aliphatic carbocycles. The number of benzene rings is 1. The molecule has 84 valence electrons. The fraction of sp³-hybridized carbons (Fsp3) is 0. The number of nitrogens with zero attached hydrogens (tertiary/aromatic N) is 2. The number of aromatic nitrogens is 2. The highest BCUT2D eigenvalue weighted by Crippen LogP contribution is 2.29. The van der Waals surface area contributed by atoms with E-state index >= 15 is 0 Å². The van der Waals surface area contributed by atoms with Crippen LogP contribution in [0.2, 0.25) is 0 Å². The number of furan rings is 1. The van der Waals surface area contributed by atoms with Crippen molar-refractivity contribution in [1.29, 1.82) is 0 Å². The summed E-state index contributed by atoms with van der Waals surface area (Å²) in [6.45, 7) is 0. The first-order valence-corrected chi connectivity index (χ1v) is 5.79. The van der Waals surface area contributed by atoms with Gasteiger partial charge in [-0.1, -0.05) is 0 Å². The Labute approximate surface area is 106 Å². The summed E-state index contributed by atoms with van der Waals surface area (Å²) in [5.41, 5.74) is 7.98. The predicted molar refractivity (Wildman–Crippen MR) is 69.4 cm³/mol. The predicted octanol–water partition coefficient (Wildman–Crippen LogP) is 3.23. The topological polar surface area (TPSA) is 64.9 Å². The zero-order chi connectivity index (χ0) is 11.8. The smallest absolute Gasteiger partial charge is 0.169 e. The van der Waals surface area contributed by atoms with Crippen molar-refractivity contribution in [2.24, 2.45) is 0 Å². The second-order valence-electron chi connectivity index (χ2n) is 3.60. The van der Waals surface area contributed by atoms with Crippen molar-refractivity contribution in [1.82, 2.24) is 9.97 Å². The second-order valence-corrected chi connectivity index (χ2v) is 4.38. The normalized spacial score (nSPS) is 10.9. The third-order valence-corrected chi connectivity index (χ3v) is 2.89. The maximum atomic E-state index is 5.73. The summed E-state index contributed by atoms with van der Waals surface area (Å²) >= 11 is 3.28. The van der Waals surface area contributed by atoms with Gasteiger partial charge in [-0.25, -0.2) is 9.97 Å². The number of halogens is 1. The standard InChI is InChI=1S/C12H8BrN3O/c13-11-4-3-10(17-11)12-8-2-1-7(14)5-9(8)15-6-16-12/h1-6H,14H2. The Balaban J connectivity index is 2.30. The molecule has 0 aliphatic rings. The fourth-order valence-electron chi connectivity index (χ4n) is 1.71.